The molecule has 0 aliphatic heterocycles. The minimum atomic E-state index is 0.391. The second kappa shape index (κ2) is 4.12. The highest BCUT2D eigenvalue weighted by molar-refractivity contribution is 9.10. The molecule has 1 aromatic heterocycles. The summed E-state index contributed by atoms with van der Waals surface area (Å²) in [4.78, 5) is 9.76. The van der Waals surface area contributed by atoms with E-state index >= 15 is 0 Å². The van der Waals surface area contributed by atoms with Gasteiger partial charge in [-0.05, 0) is 15.9 Å². The van der Waals surface area contributed by atoms with Crippen molar-refractivity contribution in [3.05, 3.63) is 16.4 Å². The molecule has 0 bridgehead atoms. The van der Waals surface area contributed by atoms with Crippen LogP contribution in [0.1, 0.15) is 5.56 Å². The van der Waals surface area contributed by atoms with E-state index in [-0.39, 0.29) is 0 Å². The van der Waals surface area contributed by atoms with E-state index in [1.54, 1.807) is 6.20 Å². The van der Waals surface area contributed by atoms with Crippen molar-refractivity contribution in [3.63, 3.8) is 0 Å². The number of hydrogen-bond acceptors (Lipinski definition) is 3. The monoisotopic (exact) mass is 218 g/mol. The van der Waals surface area contributed by atoms with Crippen LogP contribution in [0.5, 0.6) is 0 Å². The van der Waals surface area contributed by atoms with Crippen molar-refractivity contribution in [2.24, 2.45) is 0 Å². The van der Waals surface area contributed by atoms with Crippen LogP contribution in [0.2, 0.25) is 0 Å². The molecule has 1 rings (SSSR count). The average Bonchev–Trinajstić information content (AvgIpc) is 2.37. The van der Waals surface area contributed by atoms with Gasteiger partial charge >= 0.3 is 0 Å². The number of hydrogen-bond donors (Lipinski definition) is 1. The summed E-state index contributed by atoms with van der Waals surface area (Å²) < 4.78 is 5.29. The fourth-order valence-electron chi connectivity index (χ4n) is 0.691. The fraction of sp³-hybridized carbons (Fsp3) is 0.333. The number of carbonyl (C=O) groups is 1. The summed E-state index contributed by atoms with van der Waals surface area (Å²) in [7, 11) is 0. The lowest BCUT2D eigenvalue weighted by molar-refractivity contribution is -0.128. The number of aromatic amines is 1. The number of H-pyrrole nitrogens is 1. The van der Waals surface area contributed by atoms with Crippen molar-refractivity contribution >= 4 is 22.4 Å². The largest absolute Gasteiger partial charge is 0.468 e. The van der Waals surface area contributed by atoms with Gasteiger partial charge in [-0.15, -0.1) is 0 Å². The number of aromatic nitrogens is 2. The third kappa shape index (κ3) is 2.34. The Morgan fingerprint density at radius 2 is 2.64 bits per heavy atom. The molecule has 0 aliphatic carbocycles. The summed E-state index contributed by atoms with van der Waals surface area (Å²) in [6.07, 6.45) is 2.44. The van der Waals surface area contributed by atoms with Crippen molar-refractivity contribution in [2.45, 2.75) is 6.42 Å². The summed E-state index contributed by atoms with van der Waals surface area (Å²) in [5.74, 6) is 0. The zero-order valence-electron chi connectivity index (χ0n) is 5.71. The van der Waals surface area contributed by atoms with Gasteiger partial charge in [0.15, 0.2) is 0 Å². The minimum Gasteiger partial charge on any atom is -0.468 e. The summed E-state index contributed by atoms with van der Waals surface area (Å²) in [5, 5.41) is 6.53. The van der Waals surface area contributed by atoms with Gasteiger partial charge < -0.3 is 4.74 Å². The molecule has 0 saturated heterocycles. The van der Waals surface area contributed by atoms with Crippen molar-refractivity contribution < 1.29 is 9.53 Å². The molecule has 0 spiro atoms. The Labute approximate surface area is 72.1 Å². The molecule has 0 aliphatic rings. The highest BCUT2D eigenvalue weighted by Crippen LogP contribution is 2.11. The van der Waals surface area contributed by atoms with Gasteiger partial charge in [-0.3, -0.25) is 9.89 Å². The first-order valence-electron chi connectivity index (χ1n) is 3.08. The van der Waals surface area contributed by atoms with Crippen LogP contribution in [0, 0.1) is 0 Å². The molecule has 11 heavy (non-hydrogen) atoms. The summed E-state index contributed by atoms with van der Waals surface area (Å²) >= 11 is 3.23. The number of rotatable bonds is 4. The first kappa shape index (κ1) is 8.26. The van der Waals surface area contributed by atoms with Gasteiger partial charge in [-0.2, -0.15) is 5.10 Å². The average molecular weight is 219 g/mol. The highest BCUT2D eigenvalue weighted by Gasteiger charge is 2.00. The predicted molar refractivity (Wildman–Crippen MR) is 42.0 cm³/mol. The SMILES string of the molecule is O=COCCc1c[nH]nc1Br. The van der Waals surface area contributed by atoms with Gasteiger partial charge in [-0.25, -0.2) is 0 Å². The Morgan fingerprint density at radius 3 is 3.18 bits per heavy atom. The third-order valence-electron chi connectivity index (χ3n) is 1.22. The normalized spacial score (nSPS) is 9.55. The second-order valence-corrected chi connectivity index (χ2v) is 2.67. The molecule has 60 valence electrons. The molecule has 0 atom stereocenters. The van der Waals surface area contributed by atoms with Gasteiger partial charge in [0.2, 0.25) is 0 Å². The zero-order valence-corrected chi connectivity index (χ0v) is 7.30. The summed E-state index contributed by atoms with van der Waals surface area (Å²) in [5.41, 5.74) is 1.01. The van der Waals surface area contributed by atoms with Crippen LogP contribution in [0.3, 0.4) is 0 Å². The third-order valence-corrected chi connectivity index (χ3v) is 1.91. The predicted octanol–water partition coefficient (Wildman–Crippen LogP) is 0.888. The topological polar surface area (TPSA) is 55.0 Å². The molecule has 1 heterocycles. The van der Waals surface area contributed by atoms with Crippen LogP contribution in [-0.2, 0) is 16.0 Å². The first-order valence-corrected chi connectivity index (χ1v) is 3.87. The van der Waals surface area contributed by atoms with E-state index in [1.807, 2.05) is 0 Å². The lowest BCUT2D eigenvalue weighted by Crippen LogP contribution is -1.95. The number of ether oxygens (including phenoxy) is 1. The lowest BCUT2D eigenvalue weighted by atomic mass is 10.3. The molecule has 4 nitrogen and oxygen atoms in total. The van der Waals surface area contributed by atoms with E-state index < -0.39 is 0 Å². The Bertz CT molecular complexity index is 236. The number of carbonyl (C=O) groups excluding carboxylic acids is 1. The van der Waals surface area contributed by atoms with Crippen molar-refractivity contribution in [1.82, 2.24) is 10.2 Å². The van der Waals surface area contributed by atoms with E-state index in [0.717, 1.165) is 10.2 Å². The van der Waals surface area contributed by atoms with Gasteiger partial charge in [0, 0.05) is 18.2 Å². The van der Waals surface area contributed by atoms with Crippen LogP contribution >= 0.6 is 15.9 Å². The number of nitrogens with zero attached hydrogens (tertiary/aromatic N) is 1. The molecule has 0 fully saturated rings. The maximum Gasteiger partial charge on any atom is 0.293 e. The zero-order chi connectivity index (χ0) is 8.10. The Morgan fingerprint density at radius 1 is 1.82 bits per heavy atom. The molecule has 1 N–H and O–H groups in total. The van der Waals surface area contributed by atoms with Crippen LogP contribution < -0.4 is 0 Å². The van der Waals surface area contributed by atoms with E-state index in [4.69, 9.17) is 0 Å². The van der Waals surface area contributed by atoms with Gasteiger partial charge in [0.1, 0.15) is 4.60 Å². The lowest BCUT2D eigenvalue weighted by Gasteiger charge is -1.94. The minimum absolute atomic E-state index is 0.391. The molecule has 0 amide bonds. The molecule has 0 aromatic carbocycles. The molecular formula is C6H7BrN2O2. The molecule has 5 heteroatoms. The van der Waals surface area contributed by atoms with Crippen LogP contribution in [0.4, 0.5) is 0 Å². The van der Waals surface area contributed by atoms with Gasteiger partial charge in [0.05, 0.1) is 6.61 Å². The summed E-state index contributed by atoms with van der Waals surface area (Å²) in [6.45, 7) is 0.829. The second-order valence-electron chi connectivity index (χ2n) is 1.92. The Hall–Kier alpha value is -0.840. The quantitative estimate of drug-likeness (QED) is 0.604. The maximum absolute atomic E-state index is 9.76. The van der Waals surface area contributed by atoms with Crippen molar-refractivity contribution in [2.75, 3.05) is 6.61 Å². The maximum atomic E-state index is 9.76. The smallest absolute Gasteiger partial charge is 0.293 e. The van der Waals surface area contributed by atoms with Crippen LogP contribution in [-0.4, -0.2) is 23.3 Å². The molecule has 0 saturated carbocycles. The van der Waals surface area contributed by atoms with Crippen LogP contribution in [0.25, 0.3) is 0 Å². The summed E-state index contributed by atoms with van der Waals surface area (Å²) in [6, 6.07) is 0. The molecule has 0 unspecified atom stereocenters. The van der Waals surface area contributed by atoms with E-state index in [1.165, 1.54) is 0 Å². The first-order chi connectivity index (χ1) is 5.34. The van der Waals surface area contributed by atoms with E-state index in [0.29, 0.717) is 19.5 Å². The van der Waals surface area contributed by atoms with Gasteiger partial charge in [-0.1, -0.05) is 0 Å². The molecular weight excluding hydrogens is 212 g/mol. The van der Waals surface area contributed by atoms with E-state index in [2.05, 4.69) is 30.9 Å². The number of halogens is 1. The van der Waals surface area contributed by atoms with Crippen molar-refractivity contribution in [1.29, 1.82) is 0 Å². The van der Waals surface area contributed by atoms with Gasteiger partial charge in [0.25, 0.3) is 6.47 Å². The van der Waals surface area contributed by atoms with Crippen LogP contribution in [0.15, 0.2) is 10.8 Å². The standard InChI is InChI=1S/C6H7BrN2O2/c7-6-5(3-8-9-6)1-2-11-4-10/h3-4H,1-2H2,(H,8,9). The number of nitrogens with one attached hydrogen (secondary N) is 1. The Kier molecular flexibility index (Phi) is 3.10. The molecule has 1 aromatic rings. The highest BCUT2D eigenvalue weighted by atomic mass is 79.9. The van der Waals surface area contributed by atoms with Crippen molar-refractivity contribution in [3.8, 4) is 0 Å². The molecule has 0 radical (unpaired) electrons. The fourth-order valence-corrected chi connectivity index (χ4v) is 1.11. The Balaban J connectivity index is 2.38. The van der Waals surface area contributed by atoms with E-state index in [9.17, 15) is 4.79 Å².